The Bertz CT molecular complexity index is 327. The van der Waals surface area contributed by atoms with Crippen molar-refractivity contribution < 1.29 is 14.3 Å². The fraction of sp³-hybridized carbons (Fsp3) is 0.750. The number of carbonyl (C=O) groups excluding carboxylic acids is 1. The van der Waals surface area contributed by atoms with Gasteiger partial charge in [0.15, 0.2) is 7.85 Å². The number of hydrogen-bond acceptors (Lipinski definition) is 3. The highest BCUT2D eigenvalue weighted by Crippen LogP contribution is 2.14. The van der Waals surface area contributed by atoms with Crippen LogP contribution in [0.5, 0.6) is 0 Å². The summed E-state index contributed by atoms with van der Waals surface area (Å²) in [5.41, 5.74) is -0.470. The molecule has 1 unspecified atom stereocenters. The van der Waals surface area contributed by atoms with Gasteiger partial charge in [-0.1, -0.05) is 0 Å². The molecule has 1 atom stereocenters. The third-order valence-electron chi connectivity index (χ3n) is 2.22. The minimum Gasteiger partial charge on any atom is -0.444 e. The highest BCUT2D eigenvalue weighted by molar-refractivity contribution is 6.22. The van der Waals surface area contributed by atoms with Gasteiger partial charge in [-0.25, -0.2) is 4.79 Å². The molecule has 0 bridgehead atoms. The van der Waals surface area contributed by atoms with E-state index in [1.54, 1.807) is 4.90 Å². The van der Waals surface area contributed by atoms with Crippen LogP contribution in [0.15, 0.2) is 0 Å². The average molecular weight is 235 g/mol. The number of amides is 1. The molecule has 4 nitrogen and oxygen atoms in total. The van der Waals surface area contributed by atoms with Gasteiger partial charge in [0.25, 0.3) is 0 Å². The summed E-state index contributed by atoms with van der Waals surface area (Å²) in [6.07, 6.45) is 0.161. The Morgan fingerprint density at radius 3 is 2.88 bits per heavy atom. The first-order valence-corrected chi connectivity index (χ1v) is 5.70. The van der Waals surface area contributed by atoms with Gasteiger partial charge in [0.1, 0.15) is 5.60 Å². The van der Waals surface area contributed by atoms with Crippen molar-refractivity contribution in [3.8, 4) is 11.7 Å². The van der Waals surface area contributed by atoms with Crippen LogP contribution >= 0.6 is 0 Å². The van der Waals surface area contributed by atoms with Crippen molar-refractivity contribution in [2.24, 2.45) is 0 Å². The average Bonchev–Trinajstić information content (AvgIpc) is 2.24. The Morgan fingerprint density at radius 2 is 2.29 bits per heavy atom. The number of rotatable bonds is 1. The van der Waals surface area contributed by atoms with Crippen molar-refractivity contribution in [3.05, 3.63) is 0 Å². The molecule has 1 saturated heterocycles. The van der Waals surface area contributed by atoms with Crippen molar-refractivity contribution in [2.45, 2.75) is 38.9 Å². The standard InChI is InChI=1S/C12H18BNO3/c1-12(2,3)17-11(15)14-7-8-16-10(9-14)5-4-6-13/h10H,5,7-9H2,1-3H3. The molecule has 0 aromatic carbocycles. The van der Waals surface area contributed by atoms with E-state index < -0.39 is 5.60 Å². The van der Waals surface area contributed by atoms with Crippen molar-refractivity contribution in [3.63, 3.8) is 0 Å². The SMILES string of the molecule is [B]C#CCC1CN(C(=O)OC(C)(C)C)CCO1. The molecule has 0 aliphatic carbocycles. The molecular weight excluding hydrogens is 217 g/mol. The van der Waals surface area contributed by atoms with Gasteiger partial charge >= 0.3 is 6.09 Å². The molecule has 0 N–H and O–H groups in total. The van der Waals surface area contributed by atoms with E-state index in [2.05, 4.69) is 11.7 Å². The van der Waals surface area contributed by atoms with Gasteiger partial charge < -0.3 is 14.4 Å². The first kappa shape index (κ1) is 13.9. The summed E-state index contributed by atoms with van der Waals surface area (Å²) in [7, 11) is 5.10. The first-order valence-electron chi connectivity index (χ1n) is 5.70. The van der Waals surface area contributed by atoms with Crippen molar-refractivity contribution in [1.82, 2.24) is 4.90 Å². The molecule has 1 heterocycles. The fourth-order valence-corrected chi connectivity index (χ4v) is 1.51. The van der Waals surface area contributed by atoms with E-state index in [-0.39, 0.29) is 12.2 Å². The molecular formula is C12H18BNO3. The summed E-state index contributed by atoms with van der Waals surface area (Å²) >= 11 is 0. The summed E-state index contributed by atoms with van der Waals surface area (Å²) in [6.45, 7) is 7.12. The van der Waals surface area contributed by atoms with E-state index in [4.69, 9.17) is 17.3 Å². The van der Waals surface area contributed by atoms with E-state index in [1.807, 2.05) is 20.8 Å². The number of hydrogen-bond donors (Lipinski definition) is 0. The van der Waals surface area contributed by atoms with Crippen LogP contribution in [-0.4, -0.2) is 50.2 Å². The Kier molecular flexibility index (Phi) is 4.89. The lowest BCUT2D eigenvalue weighted by atomic mass is 10.1. The monoisotopic (exact) mass is 235 g/mol. The van der Waals surface area contributed by atoms with Crippen LogP contribution in [0.2, 0.25) is 0 Å². The fourth-order valence-electron chi connectivity index (χ4n) is 1.51. The molecule has 1 fully saturated rings. The van der Waals surface area contributed by atoms with Crippen molar-refractivity contribution >= 4 is 13.9 Å². The van der Waals surface area contributed by atoms with Gasteiger partial charge in [0.2, 0.25) is 0 Å². The van der Waals surface area contributed by atoms with E-state index in [0.717, 1.165) is 0 Å². The molecule has 1 aliphatic rings. The molecule has 5 heteroatoms. The van der Waals surface area contributed by atoms with Gasteiger partial charge in [-0.15, -0.1) is 5.92 Å². The molecule has 17 heavy (non-hydrogen) atoms. The predicted molar refractivity (Wildman–Crippen MR) is 65.7 cm³/mol. The molecule has 1 aliphatic heterocycles. The zero-order valence-corrected chi connectivity index (χ0v) is 10.7. The van der Waals surface area contributed by atoms with E-state index in [0.29, 0.717) is 26.1 Å². The summed E-state index contributed by atoms with van der Waals surface area (Å²) in [5, 5.41) is 0. The predicted octanol–water partition coefficient (Wildman–Crippen LogP) is 1.14. The van der Waals surface area contributed by atoms with E-state index in [9.17, 15) is 4.79 Å². The largest absolute Gasteiger partial charge is 0.444 e. The quantitative estimate of drug-likeness (QED) is 0.505. The van der Waals surface area contributed by atoms with Crippen LogP contribution in [-0.2, 0) is 9.47 Å². The number of ether oxygens (including phenoxy) is 2. The van der Waals surface area contributed by atoms with E-state index >= 15 is 0 Å². The highest BCUT2D eigenvalue weighted by atomic mass is 16.6. The minimum atomic E-state index is -0.470. The van der Waals surface area contributed by atoms with Crippen LogP contribution in [0.1, 0.15) is 27.2 Å². The van der Waals surface area contributed by atoms with Gasteiger partial charge in [-0.2, -0.15) is 5.82 Å². The lowest BCUT2D eigenvalue weighted by Crippen LogP contribution is -2.47. The second-order valence-corrected chi connectivity index (χ2v) is 4.94. The van der Waals surface area contributed by atoms with Crippen LogP contribution in [0, 0.1) is 11.7 Å². The molecule has 92 valence electrons. The van der Waals surface area contributed by atoms with E-state index in [1.165, 1.54) is 0 Å². The zero-order valence-electron chi connectivity index (χ0n) is 10.7. The molecule has 0 aromatic heterocycles. The molecule has 1 rings (SSSR count). The summed E-state index contributed by atoms with van der Waals surface area (Å²) in [5.74, 6) is 5.08. The lowest BCUT2D eigenvalue weighted by Gasteiger charge is -2.33. The number of carbonyl (C=O) groups is 1. The first-order chi connectivity index (χ1) is 7.92. The van der Waals surface area contributed by atoms with Gasteiger partial charge in [0, 0.05) is 13.0 Å². The van der Waals surface area contributed by atoms with Gasteiger partial charge in [-0.05, 0) is 20.8 Å². The van der Waals surface area contributed by atoms with Crippen molar-refractivity contribution in [2.75, 3.05) is 19.7 Å². The van der Waals surface area contributed by atoms with Crippen LogP contribution in [0.25, 0.3) is 0 Å². The van der Waals surface area contributed by atoms with Crippen LogP contribution in [0.4, 0.5) is 4.79 Å². The minimum absolute atomic E-state index is 0.0766. The van der Waals surface area contributed by atoms with Crippen LogP contribution in [0.3, 0.4) is 0 Å². The zero-order chi connectivity index (χ0) is 12.9. The normalized spacial score (nSPS) is 20.4. The third kappa shape index (κ3) is 5.14. The maximum absolute atomic E-state index is 11.8. The molecule has 2 radical (unpaired) electrons. The molecule has 0 spiro atoms. The second-order valence-electron chi connectivity index (χ2n) is 4.94. The number of nitrogens with zero attached hydrogens (tertiary/aromatic N) is 1. The number of morpholine rings is 1. The summed E-state index contributed by atoms with van der Waals surface area (Å²) < 4.78 is 10.8. The Morgan fingerprint density at radius 1 is 1.59 bits per heavy atom. The smallest absolute Gasteiger partial charge is 0.410 e. The van der Waals surface area contributed by atoms with Gasteiger partial charge in [-0.3, -0.25) is 0 Å². The maximum Gasteiger partial charge on any atom is 0.410 e. The molecule has 0 aromatic rings. The highest BCUT2D eigenvalue weighted by Gasteiger charge is 2.27. The molecule has 1 amide bonds. The van der Waals surface area contributed by atoms with Crippen molar-refractivity contribution in [1.29, 1.82) is 0 Å². The lowest BCUT2D eigenvalue weighted by molar-refractivity contribution is -0.0399. The Labute approximate surface area is 104 Å². The third-order valence-corrected chi connectivity index (χ3v) is 2.22. The maximum atomic E-state index is 11.8. The molecule has 0 saturated carbocycles. The van der Waals surface area contributed by atoms with Crippen LogP contribution < -0.4 is 0 Å². The summed E-state index contributed by atoms with van der Waals surface area (Å²) in [4.78, 5) is 13.5. The summed E-state index contributed by atoms with van der Waals surface area (Å²) in [6, 6.07) is 0. The van der Waals surface area contributed by atoms with Gasteiger partial charge in [0.05, 0.1) is 19.3 Å². The Balaban J connectivity index is 2.47. The topological polar surface area (TPSA) is 38.8 Å². The second kappa shape index (κ2) is 5.97. The Hall–Kier alpha value is -1.15.